The minimum atomic E-state index is -1.13. The highest BCUT2D eigenvalue weighted by molar-refractivity contribution is 6.01. The second kappa shape index (κ2) is 11.3. The van der Waals surface area contributed by atoms with E-state index in [4.69, 9.17) is 9.47 Å². The maximum Gasteiger partial charge on any atom is 0.337 e. The zero-order valence-corrected chi connectivity index (χ0v) is 21.1. The van der Waals surface area contributed by atoms with E-state index in [1.54, 1.807) is 26.0 Å². The molecule has 0 unspecified atom stereocenters. The first-order valence-electron chi connectivity index (χ1n) is 12.1. The van der Waals surface area contributed by atoms with Gasteiger partial charge in [0.2, 0.25) is 0 Å². The first-order chi connectivity index (χ1) is 17.4. The van der Waals surface area contributed by atoms with E-state index in [-0.39, 0.29) is 5.91 Å². The maximum absolute atomic E-state index is 13.3. The highest BCUT2D eigenvalue weighted by Crippen LogP contribution is 2.30. The summed E-state index contributed by atoms with van der Waals surface area (Å²) in [7, 11) is 1.34. The molecule has 0 bridgehead atoms. The second-order valence-electron chi connectivity index (χ2n) is 9.35. The molecule has 36 heavy (non-hydrogen) atoms. The second-order valence-corrected chi connectivity index (χ2v) is 9.35. The molecule has 0 aliphatic carbocycles. The summed E-state index contributed by atoms with van der Waals surface area (Å²) in [6.07, 6.45) is 0. The molecule has 0 radical (unpaired) electrons. The van der Waals surface area contributed by atoms with E-state index in [0.29, 0.717) is 17.0 Å². The minimum Gasteiger partial charge on any atom is -0.478 e. The molecule has 188 valence electrons. The number of rotatable bonds is 8. The molecule has 1 fully saturated rings. The number of anilines is 2. The van der Waals surface area contributed by atoms with Gasteiger partial charge >= 0.3 is 5.97 Å². The third-order valence-electron chi connectivity index (χ3n) is 6.29. The Labute approximate surface area is 212 Å². The van der Waals surface area contributed by atoms with Crippen LogP contribution in [0.25, 0.3) is 0 Å². The first-order valence-corrected chi connectivity index (χ1v) is 12.1. The summed E-state index contributed by atoms with van der Waals surface area (Å²) in [5.74, 6) is -0.155. The Morgan fingerprint density at radius 2 is 1.53 bits per heavy atom. The van der Waals surface area contributed by atoms with Gasteiger partial charge in [-0.05, 0) is 49.7 Å². The van der Waals surface area contributed by atoms with E-state index in [9.17, 15) is 9.59 Å². The highest BCUT2D eigenvalue weighted by atomic mass is 16.5. The van der Waals surface area contributed by atoms with E-state index in [1.165, 1.54) is 12.7 Å². The molecule has 1 heterocycles. The number of benzene rings is 3. The quantitative estimate of drug-likeness (QED) is 0.469. The lowest BCUT2D eigenvalue weighted by atomic mass is 10.1. The van der Waals surface area contributed by atoms with Gasteiger partial charge in [0, 0.05) is 32.7 Å². The topological polar surface area (TPSA) is 71.1 Å². The van der Waals surface area contributed by atoms with Gasteiger partial charge < -0.3 is 19.7 Å². The lowest BCUT2D eigenvalue weighted by Gasteiger charge is -2.37. The number of nitrogens with one attached hydrogen (secondary N) is 1. The molecule has 3 aromatic rings. The van der Waals surface area contributed by atoms with Crippen LogP contribution in [0, 0.1) is 0 Å². The van der Waals surface area contributed by atoms with Gasteiger partial charge in [-0.25, -0.2) is 4.79 Å². The molecule has 7 nitrogen and oxygen atoms in total. The SMILES string of the molecule is COC(=O)c1ccc(N2CCN(Cc3ccccc3)CC2)c(NC(=O)C(C)(C)Oc2ccccc2)c1. The number of amides is 1. The Kier molecular flexibility index (Phi) is 7.90. The lowest BCUT2D eigenvalue weighted by Crippen LogP contribution is -2.46. The van der Waals surface area contributed by atoms with Crippen LogP contribution in [0.5, 0.6) is 5.75 Å². The van der Waals surface area contributed by atoms with Crippen molar-refractivity contribution in [2.75, 3.05) is 43.5 Å². The zero-order chi connectivity index (χ0) is 25.5. The monoisotopic (exact) mass is 487 g/mol. The van der Waals surface area contributed by atoms with E-state index in [1.807, 2.05) is 42.5 Å². The van der Waals surface area contributed by atoms with Crippen molar-refractivity contribution >= 4 is 23.3 Å². The summed E-state index contributed by atoms with van der Waals surface area (Å²) in [6, 6.07) is 25.0. The molecule has 1 aliphatic heterocycles. The first kappa shape index (κ1) is 25.3. The summed E-state index contributed by atoms with van der Waals surface area (Å²) < 4.78 is 10.9. The van der Waals surface area contributed by atoms with Crippen molar-refractivity contribution in [3.63, 3.8) is 0 Å². The number of piperazine rings is 1. The lowest BCUT2D eigenvalue weighted by molar-refractivity contribution is -0.128. The number of para-hydroxylation sites is 1. The molecule has 0 atom stereocenters. The number of hydrogen-bond donors (Lipinski definition) is 1. The number of carbonyl (C=O) groups excluding carboxylic acids is 2. The van der Waals surface area contributed by atoms with Gasteiger partial charge in [0.1, 0.15) is 5.75 Å². The van der Waals surface area contributed by atoms with Crippen molar-refractivity contribution in [3.8, 4) is 5.75 Å². The largest absolute Gasteiger partial charge is 0.478 e. The van der Waals surface area contributed by atoms with Crippen molar-refractivity contribution in [1.82, 2.24) is 4.90 Å². The average Bonchev–Trinajstić information content (AvgIpc) is 2.89. The predicted octanol–water partition coefficient (Wildman–Crippen LogP) is 4.59. The van der Waals surface area contributed by atoms with Gasteiger partial charge in [-0.2, -0.15) is 0 Å². The van der Waals surface area contributed by atoms with Crippen LogP contribution in [0.15, 0.2) is 78.9 Å². The van der Waals surface area contributed by atoms with Gasteiger partial charge in [0.05, 0.1) is 24.0 Å². The van der Waals surface area contributed by atoms with Crippen molar-refractivity contribution in [3.05, 3.63) is 90.0 Å². The molecular weight excluding hydrogens is 454 g/mol. The van der Waals surface area contributed by atoms with Gasteiger partial charge in [-0.1, -0.05) is 48.5 Å². The normalized spacial score (nSPS) is 14.2. The Morgan fingerprint density at radius 1 is 0.889 bits per heavy atom. The summed E-state index contributed by atoms with van der Waals surface area (Å²) in [5.41, 5.74) is 1.96. The fourth-order valence-electron chi connectivity index (χ4n) is 4.25. The maximum atomic E-state index is 13.3. The molecule has 0 saturated carbocycles. The molecule has 1 amide bonds. The summed E-state index contributed by atoms with van der Waals surface area (Å²) in [4.78, 5) is 30.2. The minimum absolute atomic E-state index is 0.308. The van der Waals surface area contributed by atoms with E-state index in [2.05, 4.69) is 39.4 Å². The van der Waals surface area contributed by atoms with Crippen LogP contribution >= 0.6 is 0 Å². The van der Waals surface area contributed by atoms with Crippen molar-refractivity contribution in [2.24, 2.45) is 0 Å². The van der Waals surface area contributed by atoms with Crippen LogP contribution in [0.2, 0.25) is 0 Å². The number of methoxy groups -OCH3 is 1. The van der Waals surface area contributed by atoms with Gasteiger partial charge in [0.25, 0.3) is 5.91 Å². The summed E-state index contributed by atoms with van der Waals surface area (Å²) in [6.45, 7) is 7.75. The fourth-order valence-corrected chi connectivity index (χ4v) is 4.25. The van der Waals surface area contributed by atoms with E-state index >= 15 is 0 Å². The average molecular weight is 488 g/mol. The highest BCUT2D eigenvalue weighted by Gasteiger charge is 2.31. The number of ether oxygens (including phenoxy) is 2. The fraction of sp³-hybridized carbons (Fsp3) is 0.310. The van der Waals surface area contributed by atoms with Crippen molar-refractivity contribution < 1.29 is 19.1 Å². The zero-order valence-electron chi connectivity index (χ0n) is 21.1. The van der Waals surface area contributed by atoms with Crippen molar-refractivity contribution in [1.29, 1.82) is 0 Å². The summed E-state index contributed by atoms with van der Waals surface area (Å²) in [5, 5.41) is 3.01. The van der Waals surface area contributed by atoms with E-state index in [0.717, 1.165) is 38.4 Å². The molecule has 7 heteroatoms. The van der Waals surface area contributed by atoms with Gasteiger partial charge in [-0.3, -0.25) is 9.69 Å². The van der Waals surface area contributed by atoms with Crippen LogP contribution in [0.3, 0.4) is 0 Å². The number of carbonyl (C=O) groups is 2. The molecule has 1 aliphatic rings. The number of esters is 1. The standard InChI is InChI=1S/C29H33N3O4/c1-29(2,36-24-12-8-5-9-13-24)28(34)30-25-20-23(27(33)35-3)14-15-26(25)32-18-16-31(17-19-32)21-22-10-6-4-7-11-22/h4-15,20H,16-19,21H2,1-3H3,(H,30,34). The Morgan fingerprint density at radius 3 is 2.17 bits per heavy atom. The Bertz CT molecular complexity index is 1170. The van der Waals surface area contributed by atoms with Gasteiger partial charge in [-0.15, -0.1) is 0 Å². The van der Waals surface area contributed by atoms with E-state index < -0.39 is 11.6 Å². The molecular formula is C29H33N3O4. The third-order valence-corrected chi connectivity index (χ3v) is 6.29. The molecule has 3 aromatic carbocycles. The third kappa shape index (κ3) is 6.23. The van der Waals surface area contributed by atoms with Crippen LogP contribution in [-0.2, 0) is 16.1 Å². The van der Waals surface area contributed by atoms with Crippen LogP contribution in [0.1, 0.15) is 29.8 Å². The predicted molar refractivity (Wildman–Crippen MR) is 141 cm³/mol. The van der Waals surface area contributed by atoms with Crippen LogP contribution in [-0.4, -0.2) is 55.7 Å². The summed E-state index contributed by atoms with van der Waals surface area (Å²) >= 11 is 0. The molecule has 4 rings (SSSR count). The van der Waals surface area contributed by atoms with Gasteiger partial charge in [0.15, 0.2) is 5.60 Å². The molecule has 1 saturated heterocycles. The molecule has 1 N–H and O–H groups in total. The Balaban J connectivity index is 1.50. The molecule has 0 spiro atoms. The Hall–Kier alpha value is -3.84. The smallest absolute Gasteiger partial charge is 0.337 e. The van der Waals surface area contributed by atoms with Crippen LogP contribution < -0.4 is 15.0 Å². The number of hydrogen-bond acceptors (Lipinski definition) is 6. The number of nitrogens with zero attached hydrogens (tertiary/aromatic N) is 2. The molecule has 0 aromatic heterocycles. The van der Waals surface area contributed by atoms with Crippen molar-refractivity contribution in [2.45, 2.75) is 26.0 Å². The van der Waals surface area contributed by atoms with Crippen LogP contribution in [0.4, 0.5) is 11.4 Å².